The Hall–Kier alpha value is -1.30. The molecule has 0 fully saturated rings. The van der Waals surface area contributed by atoms with E-state index in [1.54, 1.807) is 6.07 Å². The van der Waals surface area contributed by atoms with Crippen LogP contribution in [-0.2, 0) is 11.3 Å². The topological polar surface area (TPSA) is 63.1 Å². The van der Waals surface area contributed by atoms with Gasteiger partial charge in [-0.15, -0.1) is 0 Å². The molecule has 0 saturated heterocycles. The first-order valence-electron chi connectivity index (χ1n) is 4.97. The predicted molar refractivity (Wildman–Crippen MR) is 63.7 cm³/mol. The fraction of sp³-hybridized carbons (Fsp3) is 0.400. The van der Waals surface area contributed by atoms with E-state index in [1.165, 1.54) is 6.92 Å². The lowest BCUT2D eigenvalue weighted by Gasteiger charge is -2.08. The first-order chi connectivity index (χ1) is 7.54. The van der Waals surface area contributed by atoms with Gasteiger partial charge in [-0.3, -0.25) is 20.4 Å². The van der Waals surface area contributed by atoms with E-state index < -0.39 is 0 Å². The Morgan fingerprint density at radius 3 is 2.69 bits per heavy atom. The van der Waals surface area contributed by atoms with Crippen LogP contribution in [0.15, 0.2) is 16.7 Å². The minimum absolute atomic E-state index is 0.305. The fourth-order valence-corrected chi connectivity index (χ4v) is 1.76. The van der Waals surface area contributed by atoms with Crippen LogP contribution < -0.4 is 10.9 Å². The molecule has 1 rings (SSSR count). The van der Waals surface area contributed by atoms with Crippen LogP contribution in [0.1, 0.15) is 30.8 Å². The summed E-state index contributed by atoms with van der Waals surface area (Å²) < 4.78 is 2.68. The molecule has 0 bridgehead atoms. The van der Waals surface area contributed by atoms with Crippen molar-refractivity contribution in [2.45, 2.75) is 26.8 Å². The number of halogens is 1. The molecular weight excluding hydrogens is 274 g/mol. The standard InChI is InChI=1S/C10H14BrN3O2/c1-3-4-14-6-8(11)5-9(14)10(16)13-12-7(2)15/h5-6H,3-4H2,1-2H3,(H,12,15)(H,13,16). The van der Waals surface area contributed by atoms with E-state index in [2.05, 4.69) is 26.8 Å². The maximum atomic E-state index is 11.7. The number of rotatable bonds is 3. The summed E-state index contributed by atoms with van der Waals surface area (Å²) in [6.45, 7) is 4.12. The molecule has 0 radical (unpaired) electrons. The van der Waals surface area contributed by atoms with Crippen LogP contribution in [0.4, 0.5) is 0 Å². The highest BCUT2D eigenvalue weighted by Gasteiger charge is 2.12. The van der Waals surface area contributed by atoms with Gasteiger partial charge in [0.25, 0.3) is 5.91 Å². The maximum Gasteiger partial charge on any atom is 0.286 e. The van der Waals surface area contributed by atoms with Gasteiger partial charge in [0.2, 0.25) is 5.91 Å². The van der Waals surface area contributed by atoms with Crippen LogP contribution >= 0.6 is 15.9 Å². The first kappa shape index (κ1) is 12.8. The molecule has 16 heavy (non-hydrogen) atoms. The third kappa shape index (κ3) is 3.37. The molecule has 0 atom stereocenters. The van der Waals surface area contributed by atoms with E-state index in [0.29, 0.717) is 5.69 Å². The molecule has 0 unspecified atom stereocenters. The van der Waals surface area contributed by atoms with Crippen LogP contribution in [0.5, 0.6) is 0 Å². The number of aromatic nitrogens is 1. The lowest BCUT2D eigenvalue weighted by Crippen LogP contribution is -2.41. The highest BCUT2D eigenvalue weighted by atomic mass is 79.9. The Labute approximate surface area is 102 Å². The van der Waals surface area contributed by atoms with Crippen molar-refractivity contribution in [3.63, 3.8) is 0 Å². The Morgan fingerprint density at radius 2 is 2.12 bits per heavy atom. The van der Waals surface area contributed by atoms with E-state index in [1.807, 2.05) is 17.7 Å². The largest absolute Gasteiger partial charge is 0.342 e. The van der Waals surface area contributed by atoms with Gasteiger partial charge in [-0.1, -0.05) is 6.92 Å². The number of hydrazine groups is 1. The summed E-state index contributed by atoms with van der Waals surface area (Å²) in [6, 6.07) is 1.72. The van der Waals surface area contributed by atoms with Crippen LogP contribution in [0.25, 0.3) is 0 Å². The molecule has 0 aliphatic heterocycles. The molecule has 0 aliphatic rings. The second-order valence-electron chi connectivity index (χ2n) is 3.37. The van der Waals surface area contributed by atoms with Crippen LogP contribution in [0.2, 0.25) is 0 Å². The maximum absolute atomic E-state index is 11.7. The van der Waals surface area contributed by atoms with Gasteiger partial charge >= 0.3 is 0 Å². The van der Waals surface area contributed by atoms with Crippen molar-refractivity contribution in [2.75, 3.05) is 0 Å². The summed E-state index contributed by atoms with van der Waals surface area (Å²) in [5.74, 6) is -0.629. The first-order valence-corrected chi connectivity index (χ1v) is 5.76. The van der Waals surface area contributed by atoms with Gasteiger partial charge in [0.15, 0.2) is 0 Å². The third-order valence-electron chi connectivity index (χ3n) is 1.91. The molecule has 1 aromatic rings. The van der Waals surface area contributed by atoms with Gasteiger partial charge in [-0.05, 0) is 28.4 Å². The van der Waals surface area contributed by atoms with E-state index >= 15 is 0 Å². The molecular formula is C10H14BrN3O2. The average molecular weight is 288 g/mol. The fourth-order valence-electron chi connectivity index (χ4n) is 1.30. The molecule has 2 N–H and O–H groups in total. The highest BCUT2D eigenvalue weighted by Crippen LogP contribution is 2.15. The molecule has 5 nitrogen and oxygen atoms in total. The number of amides is 2. The van der Waals surface area contributed by atoms with Crippen LogP contribution in [-0.4, -0.2) is 16.4 Å². The SMILES string of the molecule is CCCn1cc(Br)cc1C(=O)NNC(C)=O. The number of hydrogen-bond acceptors (Lipinski definition) is 2. The molecule has 2 amide bonds. The Bertz CT molecular complexity index is 401. The van der Waals surface area contributed by atoms with Gasteiger partial charge in [-0.25, -0.2) is 0 Å². The zero-order chi connectivity index (χ0) is 12.1. The summed E-state index contributed by atoms with van der Waals surface area (Å²) in [5, 5.41) is 0. The lowest BCUT2D eigenvalue weighted by molar-refractivity contribution is -0.119. The van der Waals surface area contributed by atoms with Crippen LogP contribution in [0, 0.1) is 0 Å². The lowest BCUT2D eigenvalue weighted by atomic mass is 10.4. The van der Waals surface area contributed by atoms with Crippen molar-refractivity contribution in [3.8, 4) is 0 Å². The second-order valence-corrected chi connectivity index (χ2v) is 4.29. The monoisotopic (exact) mass is 287 g/mol. The highest BCUT2D eigenvalue weighted by molar-refractivity contribution is 9.10. The van der Waals surface area contributed by atoms with Gasteiger partial charge in [0.1, 0.15) is 5.69 Å². The molecule has 0 saturated carbocycles. The summed E-state index contributed by atoms with van der Waals surface area (Å²) in [7, 11) is 0. The molecule has 88 valence electrons. The number of aryl methyl sites for hydroxylation is 1. The summed E-state index contributed by atoms with van der Waals surface area (Å²) in [6.07, 6.45) is 2.77. The minimum Gasteiger partial charge on any atom is -0.342 e. The van der Waals surface area contributed by atoms with Crippen molar-refractivity contribution in [2.24, 2.45) is 0 Å². The third-order valence-corrected chi connectivity index (χ3v) is 2.35. The van der Waals surface area contributed by atoms with E-state index in [-0.39, 0.29) is 11.8 Å². The molecule has 0 aliphatic carbocycles. The van der Waals surface area contributed by atoms with E-state index in [4.69, 9.17) is 0 Å². The molecule has 0 spiro atoms. The summed E-state index contributed by atoms with van der Waals surface area (Å²) in [5.41, 5.74) is 5.10. The van der Waals surface area contributed by atoms with Gasteiger partial charge in [0.05, 0.1) is 0 Å². The number of hydrogen-bond donors (Lipinski definition) is 2. The molecule has 6 heteroatoms. The van der Waals surface area contributed by atoms with E-state index in [9.17, 15) is 9.59 Å². The Morgan fingerprint density at radius 1 is 1.44 bits per heavy atom. The smallest absolute Gasteiger partial charge is 0.286 e. The zero-order valence-electron chi connectivity index (χ0n) is 9.21. The molecule has 1 aromatic heterocycles. The number of carbonyl (C=O) groups excluding carboxylic acids is 2. The normalized spacial score (nSPS) is 9.94. The Balaban J connectivity index is 2.77. The van der Waals surface area contributed by atoms with Gasteiger partial charge < -0.3 is 4.57 Å². The molecule has 1 heterocycles. The van der Waals surface area contributed by atoms with Gasteiger partial charge in [-0.2, -0.15) is 0 Å². The van der Waals surface area contributed by atoms with Crippen molar-refractivity contribution < 1.29 is 9.59 Å². The van der Waals surface area contributed by atoms with Crippen molar-refractivity contribution >= 4 is 27.7 Å². The number of carbonyl (C=O) groups is 2. The van der Waals surface area contributed by atoms with Crippen molar-refractivity contribution in [1.29, 1.82) is 0 Å². The van der Waals surface area contributed by atoms with E-state index in [0.717, 1.165) is 17.4 Å². The predicted octanol–water partition coefficient (Wildman–Crippen LogP) is 1.44. The second kappa shape index (κ2) is 5.69. The summed E-state index contributed by atoms with van der Waals surface area (Å²) >= 11 is 3.31. The minimum atomic E-state index is -0.325. The molecule has 0 aromatic carbocycles. The number of nitrogens with one attached hydrogen (secondary N) is 2. The average Bonchev–Trinajstić information content (AvgIpc) is 2.56. The van der Waals surface area contributed by atoms with Crippen molar-refractivity contribution in [1.82, 2.24) is 15.4 Å². The van der Waals surface area contributed by atoms with Gasteiger partial charge in [0, 0.05) is 24.1 Å². The van der Waals surface area contributed by atoms with Crippen molar-refractivity contribution in [3.05, 3.63) is 22.4 Å². The number of nitrogens with zero attached hydrogens (tertiary/aromatic N) is 1. The van der Waals surface area contributed by atoms with Crippen LogP contribution in [0.3, 0.4) is 0 Å². The summed E-state index contributed by atoms with van der Waals surface area (Å²) in [4.78, 5) is 22.3. The quantitative estimate of drug-likeness (QED) is 0.827. The zero-order valence-corrected chi connectivity index (χ0v) is 10.8. The Kier molecular flexibility index (Phi) is 4.54.